The van der Waals surface area contributed by atoms with Gasteiger partial charge in [0.1, 0.15) is 13.2 Å². The van der Waals surface area contributed by atoms with Gasteiger partial charge in [-0.05, 0) is 12.8 Å². The number of ether oxygens (including phenoxy) is 2. The predicted octanol–water partition coefficient (Wildman–Crippen LogP) is 1.71. The summed E-state index contributed by atoms with van der Waals surface area (Å²) in [5, 5.41) is 16.6. The van der Waals surface area contributed by atoms with E-state index in [0.717, 1.165) is 0 Å². The maximum atomic E-state index is 11.4. The molecule has 0 fully saturated rings. The van der Waals surface area contributed by atoms with Crippen molar-refractivity contribution in [2.45, 2.75) is 39.0 Å². The number of hydrogen-bond acceptors (Lipinski definition) is 6. The predicted molar refractivity (Wildman–Crippen MR) is 65.4 cm³/mol. The first-order valence-electron chi connectivity index (χ1n) is 6.18. The van der Waals surface area contributed by atoms with Gasteiger partial charge >= 0.3 is 11.9 Å². The smallest absolute Gasteiger partial charge is 0.308 e. The Labute approximate surface area is 112 Å². The van der Waals surface area contributed by atoms with Crippen LogP contribution in [-0.2, 0) is 19.1 Å². The molecule has 6 nitrogen and oxygen atoms in total. The van der Waals surface area contributed by atoms with Gasteiger partial charge in [0.05, 0.1) is 30.9 Å². The van der Waals surface area contributed by atoms with E-state index >= 15 is 0 Å². The Balaban J connectivity index is 3.64. The lowest BCUT2D eigenvalue weighted by Gasteiger charge is -2.10. The van der Waals surface area contributed by atoms with Crippen LogP contribution in [0.1, 0.15) is 39.0 Å². The summed E-state index contributed by atoms with van der Waals surface area (Å²) < 4.78 is 9.66. The van der Waals surface area contributed by atoms with Crippen molar-refractivity contribution in [1.82, 2.24) is 0 Å². The highest BCUT2D eigenvalue weighted by molar-refractivity contribution is 5.72. The molecule has 0 saturated heterocycles. The van der Waals surface area contributed by atoms with Crippen LogP contribution in [0.4, 0.5) is 0 Å². The van der Waals surface area contributed by atoms with Crippen molar-refractivity contribution in [1.29, 1.82) is 10.5 Å². The van der Waals surface area contributed by atoms with E-state index in [1.165, 1.54) is 0 Å². The Morgan fingerprint density at radius 2 is 1.68 bits per heavy atom. The molecule has 0 aromatic carbocycles. The average molecular weight is 266 g/mol. The normalized spacial score (nSPS) is 10.9. The molecule has 0 aliphatic rings. The van der Waals surface area contributed by atoms with Crippen LogP contribution in [0.2, 0.25) is 0 Å². The molecule has 0 aliphatic carbocycles. The largest absolute Gasteiger partial charge is 0.465 e. The van der Waals surface area contributed by atoms with Crippen LogP contribution in [0.15, 0.2) is 0 Å². The molecule has 0 aliphatic heterocycles. The Kier molecular flexibility index (Phi) is 9.83. The minimum Gasteiger partial charge on any atom is -0.465 e. The number of hydrogen-bond donors (Lipinski definition) is 0. The average Bonchev–Trinajstić information content (AvgIpc) is 2.39. The summed E-state index contributed by atoms with van der Waals surface area (Å²) in [5.74, 6) is -1.01. The van der Waals surface area contributed by atoms with E-state index in [2.05, 4.69) is 0 Å². The topological polar surface area (TPSA) is 100 Å². The molecule has 104 valence electrons. The highest BCUT2D eigenvalue weighted by Crippen LogP contribution is 2.10. The van der Waals surface area contributed by atoms with E-state index in [0.29, 0.717) is 12.8 Å². The van der Waals surface area contributed by atoms with Gasteiger partial charge in [0.25, 0.3) is 0 Å². The van der Waals surface area contributed by atoms with Crippen LogP contribution in [0.3, 0.4) is 0 Å². The monoisotopic (exact) mass is 266 g/mol. The molecule has 19 heavy (non-hydrogen) atoms. The summed E-state index contributed by atoms with van der Waals surface area (Å²) in [6, 6.07) is 3.76. The zero-order valence-electron chi connectivity index (χ0n) is 11.1. The van der Waals surface area contributed by atoms with Crippen molar-refractivity contribution in [3.8, 4) is 12.1 Å². The maximum Gasteiger partial charge on any atom is 0.308 e. The number of carbonyl (C=O) groups excluding carboxylic acids is 2. The van der Waals surface area contributed by atoms with Gasteiger partial charge in [0, 0.05) is 6.42 Å². The van der Waals surface area contributed by atoms with E-state index in [1.54, 1.807) is 6.92 Å². The van der Waals surface area contributed by atoms with Crippen molar-refractivity contribution in [3.05, 3.63) is 0 Å². The molecule has 0 saturated carbocycles. The van der Waals surface area contributed by atoms with E-state index < -0.39 is 0 Å². The first-order chi connectivity index (χ1) is 9.11. The summed E-state index contributed by atoms with van der Waals surface area (Å²) in [7, 11) is 0. The van der Waals surface area contributed by atoms with Gasteiger partial charge in [-0.3, -0.25) is 9.59 Å². The van der Waals surface area contributed by atoms with Gasteiger partial charge in [0.2, 0.25) is 0 Å². The van der Waals surface area contributed by atoms with Gasteiger partial charge in [-0.25, -0.2) is 0 Å². The molecule has 0 rings (SSSR count). The summed E-state index contributed by atoms with van der Waals surface area (Å²) >= 11 is 0. The minimum absolute atomic E-state index is 0.107. The molecular formula is C13H18N2O4. The van der Waals surface area contributed by atoms with Crippen LogP contribution in [0.25, 0.3) is 0 Å². The molecule has 6 heteroatoms. The number of nitriles is 2. The van der Waals surface area contributed by atoms with Crippen LogP contribution >= 0.6 is 0 Å². The molecule has 0 aromatic rings. The van der Waals surface area contributed by atoms with Crippen molar-refractivity contribution in [2.75, 3.05) is 13.2 Å². The SMILES string of the molecule is CC(CCCC(=O)OCCC#N)C(=O)OCCC#N. The van der Waals surface area contributed by atoms with Gasteiger partial charge in [-0.1, -0.05) is 6.92 Å². The van der Waals surface area contributed by atoms with E-state index in [-0.39, 0.29) is 50.3 Å². The lowest BCUT2D eigenvalue weighted by molar-refractivity contribution is -0.149. The summed E-state index contributed by atoms with van der Waals surface area (Å²) in [6.07, 6.45) is 1.65. The number of nitrogens with zero attached hydrogens (tertiary/aromatic N) is 2. The second kappa shape index (κ2) is 11.0. The van der Waals surface area contributed by atoms with Crippen molar-refractivity contribution in [3.63, 3.8) is 0 Å². The highest BCUT2D eigenvalue weighted by Gasteiger charge is 2.14. The lowest BCUT2D eigenvalue weighted by Crippen LogP contribution is -2.16. The Bertz CT molecular complexity index is 368. The van der Waals surface area contributed by atoms with E-state index in [4.69, 9.17) is 20.0 Å². The fourth-order valence-electron chi connectivity index (χ4n) is 1.29. The summed E-state index contributed by atoms with van der Waals surface area (Å²) in [4.78, 5) is 22.6. The van der Waals surface area contributed by atoms with Crippen LogP contribution < -0.4 is 0 Å². The number of rotatable bonds is 9. The molecule has 0 N–H and O–H groups in total. The molecule has 0 bridgehead atoms. The number of carbonyl (C=O) groups is 2. The van der Waals surface area contributed by atoms with Crippen molar-refractivity contribution < 1.29 is 19.1 Å². The Morgan fingerprint density at radius 3 is 2.26 bits per heavy atom. The summed E-state index contributed by atoms with van der Waals surface area (Å²) in [6.45, 7) is 1.94. The summed E-state index contributed by atoms with van der Waals surface area (Å²) in [5.41, 5.74) is 0. The molecule has 0 aromatic heterocycles. The zero-order chi connectivity index (χ0) is 14.5. The van der Waals surface area contributed by atoms with E-state index in [1.807, 2.05) is 12.1 Å². The quantitative estimate of drug-likeness (QED) is 0.465. The Hall–Kier alpha value is -2.08. The van der Waals surface area contributed by atoms with Crippen LogP contribution in [0, 0.1) is 28.6 Å². The van der Waals surface area contributed by atoms with Crippen LogP contribution in [-0.4, -0.2) is 25.2 Å². The molecule has 0 amide bonds. The van der Waals surface area contributed by atoms with E-state index in [9.17, 15) is 9.59 Å². The zero-order valence-corrected chi connectivity index (χ0v) is 11.1. The molecule has 1 unspecified atom stereocenters. The van der Waals surface area contributed by atoms with Gasteiger partial charge < -0.3 is 9.47 Å². The molecule has 0 radical (unpaired) electrons. The second-order valence-corrected chi connectivity index (χ2v) is 4.00. The van der Waals surface area contributed by atoms with Crippen LogP contribution in [0.5, 0.6) is 0 Å². The first-order valence-corrected chi connectivity index (χ1v) is 6.18. The first kappa shape index (κ1) is 16.9. The fraction of sp³-hybridized carbons (Fsp3) is 0.692. The third-order valence-electron chi connectivity index (χ3n) is 2.36. The Morgan fingerprint density at radius 1 is 1.11 bits per heavy atom. The van der Waals surface area contributed by atoms with Gasteiger partial charge in [-0.2, -0.15) is 10.5 Å². The third-order valence-corrected chi connectivity index (χ3v) is 2.36. The number of esters is 2. The maximum absolute atomic E-state index is 11.4. The lowest BCUT2D eigenvalue weighted by atomic mass is 10.0. The second-order valence-electron chi connectivity index (χ2n) is 4.00. The molecule has 0 heterocycles. The van der Waals surface area contributed by atoms with Crippen molar-refractivity contribution >= 4 is 11.9 Å². The molecular weight excluding hydrogens is 248 g/mol. The minimum atomic E-state index is -0.361. The standard InChI is InChI=1S/C13H18N2O4/c1-11(13(17)19-10-4-8-15)5-2-6-12(16)18-9-3-7-14/h11H,2-6,9-10H2,1H3. The fourth-order valence-corrected chi connectivity index (χ4v) is 1.29. The third kappa shape index (κ3) is 9.61. The van der Waals surface area contributed by atoms with Crippen molar-refractivity contribution in [2.24, 2.45) is 5.92 Å². The molecule has 1 atom stereocenters. The molecule has 0 spiro atoms. The van der Waals surface area contributed by atoms with Gasteiger partial charge in [0.15, 0.2) is 0 Å². The van der Waals surface area contributed by atoms with Gasteiger partial charge in [-0.15, -0.1) is 0 Å². The highest BCUT2D eigenvalue weighted by atomic mass is 16.5.